The summed E-state index contributed by atoms with van der Waals surface area (Å²) in [4.78, 5) is 27.3. The summed E-state index contributed by atoms with van der Waals surface area (Å²) in [5.74, 6) is -0.0708. The SMILES string of the molecule is CC[C@@H](C)NC(=O)[C@H]1N2C(=O)c3ccccc3[C@H]2SC1(C)C. The van der Waals surface area contributed by atoms with E-state index >= 15 is 0 Å². The van der Waals surface area contributed by atoms with E-state index in [0.717, 1.165) is 17.5 Å². The molecule has 1 fully saturated rings. The second-order valence-electron chi connectivity index (χ2n) is 6.59. The number of hydrogen-bond acceptors (Lipinski definition) is 3. The number of fused-ring (bicyclic) bond motifs is 3. The van der Waals surface area contributed by atoms with E-state index < -0.39 is 6.04 Å². The molecular formula is C17H22N2O2S. The summed E-state index contributed by atoms with van der Waals surface area (Å²) in [7, 11) is 0. The van der Waals surface area contributed by atoms with Gasteiger partial charge in [-0.2, -0.15) is 0 Å². The highest BCUT2D eigenvalue weighted by atomic mass is 32.2. The van der Waals surface area contributed by atoms with Crippen molar-refractivity contribution in [1.29, 1.82) is 0 Å². The van der Waals surface area contributed by atoms with Crippen molar-refractivity contribution in [3.8, 4) is 0 Å². The Balaban J connectivity index is 1.95. The molecule has 3 atom stereocenters. The summed E-state index contributed by atoms with van der Waals surface area (Å²) in [5.41, 5.74) is 1.77. The van der Waals surface area contributed by atoms with Crippen molar-refractivity contribution in [2.45, 2.75) is 56.3 Å². The first-order valence-corrected chi connectivity index (χ1v) is 8.64. The van der Waals surface area contributed by atoms with Crippen LogP contribution in [0.4, 0.5) is 0 Å². The first kappa shape index (κ1) is 15.4. The van der Waals surface area contributed by atoms with Crippen molar-refractivity contribution >= 4 is 23.6 Å². The molecule has 2 heterocycles. The van der Waals surface area contributed by atoms with E-state index in [1.54, 1.807) is 16.7 Å². The molecular weight excluding hydrogens is 296 g/mol. The van der Waals surface area contributed by atoms with Gasteiger partial charge in [0.1, 0.15) is 11.4 Å². The maximum absolute atomic E-state index is 12.8. The lowest BCUT2D eigenvalue weighted by molar-refractivity contribution is -0.126. The van der Waals surface area contributed by atoms with E-state index in [-0.39, 0.29) is 28.0 Å². The molecule has 0 saturated carbocycles. The summed E-state index contributed by atoms with van der Waals surface area (Å²) in [5, 5.41) is 2.99. The molecule has 0 unspecified atom stereocenters. The molecule has 2 aliphatic heterocycles. The van der Waals surface area contributed by atoms with Gasteiger partial charge in [-0.05, 0) is 38.8 Å². The number of amides is 2. The van der Waals surface area contributed by atoms with Crippen molar-refractivity contribution in [2.75, 3.05) is 0 Å². The molecule has 5 heteroatoms. The van der Waals surface area contributed by atoms with Crippen LogP contribution in [-0.2, 0) is 4.79 Å². The average Bonchev–Trinajstić information content (AvgIpc) is 2.90. The van der Waals surface area contributed by atoms with Gasteiger partial charge in [0.2, 0.25) is 5.91 Å². The third kappa shape index (κ3) is 2.22. The highest BCUT2D eigenvalue weighted by molar-refractivity contribution is 8.01. The molecule has 0 bridgehead atoms. The van der Waals surface area contributed by atoms with Crippen LogP contribution in [0.3, 0.4) is 0 Å². The lowest BCUT2D eigenvalue weighted by Gasteiger charge is -2.30. The van der Waals surface area contributed by atoms with Gasteiger partial charge in [-0.25, -0.2) is 0 Å². The average molecular weight is 318 g/mol. The molecule has 0 aliphatic carbocycles. The molecule has 0 aromatic heterocycles. The minimum atomic E-state index is -0.434. The van der Waals surface area contributed by atoms with E-state index in [9.17, 15) is 9.59 Å². The zero-order valence-corrected chi connectivity index (χ0v) is 14.2. The van der Waals surface area contributed by atoms with Crippen molar-refractivity contribution in [3.05, 3.63) is 35.4 Å². The van der Waals surface area contributed by atoms with Crippen LogP contribution >= 0.6 is 11.8 Å². The molecule has 1 saturated heterocycles. The van der Waals surface area contributed by atoms with Gasteiger partial charge in [0.15, 0.2) is 0 Å². The first-order chi connectivity index (χ1) is 10.4. The molecule has 2 aliphatic rings. The Bertz CT molecular complexity index is 629. The van der Waals surface area contributed by atoms with E-state index in [2.05, 4.69) is 5.32 Å². The summed E-state index contributed by atoms with van der Waals surface area (Å²) in [6.45, 7) is 8.13. The Morgan fingerprint density at radius 3 is 2.77 bits per heavy atom. The number of carbonyl (C=O) groups excluding carboxylic acids is 2. The predicted molar refractivity (Wildman–Crippen MR) is 88.7 cm³/mol. The number of nitrogens with zero attached hydrogens (tertiary/aromatic N) is 1. The Hall–Kier alpha value is -1.49. The van der Waals surface area contributed by atoms with Crippen LogP contribution in [0.15, 0.2) is 24.3 Å². The molecule has 0 radical (unpaired) electrons. The van der Waals surface area contributed by atoms with Crippen LogP contribution < -0.4 is 5.32 Å². The molecule has 1 aromatic carbocycles. The predicted octanol–water partition coefficient (Wildman–Crippen LogP) is 2.95. The fourth-order valence-corrected chi connectivity index (χ4v) is 4.82. The Kier molecular flexibility index (Phi) is 3.71. The minimum absolute atomic E-state index is 0.0250. The van der Waals surface area contributed by atoms with Gasteiger partial charge in [0.05, 0.1) is 0 Å². The van der Waals surface area contributed by atoms with Crippen LogP contribution in [0.1, 0.15) is 55.4 Å². The van der Waals surface area contributed by atoms with Crippen LogP contribution in [0.2, 0.25) is 0 Å². The number of hydrogen-bond donors (Lipinski definition) is 1. The lowest BCUT2D eigenvalue weighted by Crippen LogP contribution is -2.54. The van der Waals surface area contributed by atoms with Gasteiger partial charge in [-0.3, -0.25) is 9.59 Å². The molecule has 2 amide bonds. The monoisotopic (exact) mass is 318 g/mol. The third-order valence-electron chi connectivity index (χ3n) is 4.55. The summed E-state index contributed by atoms with van der Waals surface area (Å²) < 4.78 is -0.300. The molecule has 0 spiro atoms. The van der Waals surface area contributed by atoms with E-state index in [1.807, 2.05) is 52.0 Å². The quantitative estimate of drug-likeness (QED) is 0.932. The van der Waals surface area contributed by atoms with Crippen molar-refractivity contribution in [3.63, 3.8) is 0 Å². The largest absolute Gasteiger partial charge is 0.352 e. The summed E-state index contributed by atoms with van der Waals surface area (Å²) >= 11 is 1.70. The van der Waals surface area contributed by atoms with Gasteiger partial charge in [0, 0.05) is 16.4 Å². The number of thioether (sulfide) groups is 1. The normalized spacial score (nSPS) is 26.5. The lowest BCUT2D eigenvalue weighted by atomic mass is 10.00. The first-order valence-electron chi connectivity index (χ1n) is 7.76. The summed E-state index contributed by atoms with van der Waals surface area (Å²) in [6, 6.07) is 7.37. The van der Waals surface area contributed by atoms with E-state index in [0.29, 0.717) is 0 Å². The van der Waals surface area contributed by atoms with E-state index in [4.69, 9.17) is 0 Å². The second-order valence-corrected chi connectivity index (χ2v) is 8.33. The van der Waals surface area contributed by atoms with Gasteiger partial charge in [-0.15, -0.1) is 11.8 Å². The minimum Gasteiger partial charge on any atom is -0.352 e. The smallest absolute Gasteiger partial charge is 0.256 e. The molecule has 1 N–H and O–H groups in total. The molecule has 4 nitrogen and oxygen atoms in total. The van der Waals surface area contributed by atoms with Gasteiger partial charge < -0.3 is 10.2 Å². The Labute approximate surface area is 135 Å². The van der Waals surface area contributed by atoms with Crippen LogP contribution in [0.5, 0.6) is 0 Å². The second kappa shape index (κ2) is 5.30. The van der Waals surface area contributed by atoms with Gasteiger partial charge >= 0.3 is 0 Å². The third-order valence-corrected chi connectivity index (χ3v) is 6.08. The molecule has 118 valence electrons. The van der Waals surface area contributed by atoms with E-state index in [1.165, 1.54) is 0 Å². The van der Waals surface area contributed by atoms with Gasteiger partial charge in [0.25, 0.3) is 5.91 Å². The topological polar surface area (TPSA) is 49.4 Å². The van der Waals surface area contributed by atoms with Crippen LogP contribution in [0.25, 0.3) is 0 Å². The van der Waals surface area contributed by atoms with Crippen molar-refractivity contribution < 1.29 is 9.59 Å². The summed E-state index contributed by atoms with van der Waals surface area (Å²) in [6.07, 6.45) is 0.879. The van der Waals surface area contributed by atoms with Crippen LogP contribution in [-0.4, -0.2) is 33.5 Å². The molecule has 3 rings (SSSR count). The highest BCUT2D eigenvalue weighted by Gasteiger charge is 2.57. The Morgan fingerprint density at radius 2 is 2.09 bits per heavy atom. The van der Waals surface area contributed by atoms with Crippen molar-refractivity contribution in [2.24, 2.45) is 0 Å². The van der Waals surface area contributed by atoms with Gasteiger partial charge in [-0.1, -0.05) is 25.1 Å². The van der Waals surface area contributed by atoms with Crippen molar-refractivity contribution in [1.82, 2.24) is 10.2 Å². The zero-order chi connectivity index (χ0) is 16.1. The maximum Gasteiger partial charge on any atom is 0.256 e. The highest BCUT2D eigenvalue weighted by Crippen LogP contribution is 2.56. The maximum atomic E-state index is 12.8. The fraction of sp³-hybridized carbons (Fsp3) is 0.529. The number of carbonyl (C=O) groups is 2. The molecule has 1 aromatic rings. The molecule has 22 heavy (non-hydrogen) atoms. The number of rotatable bonds is 3. The standard InChI is InChI=1S/C17H22N2O2S/c1-5-10(2)18-14(20)13-17(3,4)22-16-12-9-7-6-8-11(12)15(21)19(13)16/h6-10,13,16H,5H2,1-4H3,(H,18,20)/t10-,13-,16-/m1/s1. The fourth-order valence-electron chi connectivity index (χ4n) is 3.23. The zero-order valence-electron chi connectivity index (χ0n) is 13.4. The Morgan fingerprint density at radius 1 is 1.41 bits per heavy atom. The van der Waals surface area contributed by atoms with Crippen LogP contribution in [0, 0.1) is 0 Å². The number of benzene rings is 1. The number of nitrogens with one attached hydrogen (secondary N) is 1.